The molecular formula is C8H18O3S. The Hall–Kier alpha value is -0.0900. The van der Waals surface area contributed by atoms with Gasteiger partial charge in [0.2, 0.25) is 0 Å². The Morgan fingerprint density at radius 1 is 1.25 bits per heavy atom. The van der Waals surface area contributed by atoms with Gasteiger partial charge in [-0.3, -0.25) is 4.55 Å². The van der Waals surface area contributed by atoms with Crippen molar-refractivity contribution in [2.75, 3.05) is 0 Å². The normalized spacial score (nSPS) is 17.8. The van der Waals surface area contributed by atoms with Crippen LogP contribution in [0.15, 0.2) is 0 Å². The van der Waals surface area contributed by atoms with Crippen LogP contribution < -0.4 is 0 Å². The molecule has 0 heterocycles. The lowest BCUT2D eigenvalue weighted by atomic mass is 9.96. The highest BCUT2D eigenvalue weighted by atomic mass is 32.2. The van der Waals surface area contributed by atoms with Crippen LogP contribution in [-0.4, -0.2) is 18.2 Å². The van der Waals surface area contributed by atoms with Gasteiger partial charge in [-0.25, -0.2) is 0 Å². The van der Waals surface area contributed by atoms with Crippen molar-refractivity contribution in [3.05, 3.63) is 0 Å². The van der Waals surface area contributed by atoms with Crippen LogP contribution in [0.2, 0.25) is 0 Å². The Labute approximate surface area is 74.9 Å². The minimum absolute atomic E-state index is 0.0139. The smallest absolute Gasteiger partial charge is 0.268 e. The van der Waals surface area contributed by atoms with Gasteiger partial charge in [0.15, 0.2) is 0 Å². The van der Waals surface area contributed by atoms with Crippen molar-refractivity contribution in [3.8, 4) is 0 Å². The van der Waals surface area contributed by atoms with Crippen molar-refractivity contribution in [3.63, 3.8) is 0 Å². The molecule has 4 heteroatoms. The topological polar surface area (TPSA) is 54.4 Å². The van der Waals surface area contributed by atoms with E-state index in [1.165, 1.54) is 0 Å². The van der Waals surface area contributed by atoms with Gasteiger partial charge in [-0.1, -0.05) is 34.1 Å². The molecule has 0 radical (unpaired) electrons. The average molecular weight is 194 g/mol. The quantitative estimate of drug-likeness (QED) is 0.696. The first-order chi connectivity index (χ1) is 5.30. The lowest BCUT2D eigenvalue weighted by Gasteiger charge is -2.23. The highest BCUT2D eigenvalue weighted by Crippen LogP contribution is 2.22. The zero-order valence-corrected chi connectivity index (χ0v) is 8.93. The summed E-state index contributed by atoms with van der Waals surface area (Å²) in [4.78, 5) is 0. The van der Waals surface area contributed by atoms with Gasteiger partial charge in [0, 0.05) is 0 Å². The van der Waals surface area contributed by atoms with Crippen molar-refractivity contribution >= 4 is 10.1 Å². The van der Waals surface area contributed by atoms with E-state index in [1.54, 1.807) is 0 Å². The van der Waals surface area contributed by atoms with Gasteiger partial charge in [0.1, 0.15) is 0 Å². The fraction of sp³-hybridized carbons (Fsp3) is 1.00. The van der Waals surface area contributed by atoms with E-state index in [2.05, 4.69) is 0 Å². The molecule has 0 aliphatic rings. The van der Waals surface area contributed by atoms with Crippen LogP contribution in [0, 0.1) is 11.8 Å². The number of rotatable bonds is 4. The maximum absolute atomic E-state index is 10.9. The van der Waals surface area contributed by atoms with Crippen LogP contribution in [0.25, 0.3) is 0 Å². The van der Waals surface area contributed by atoms with E-state index in [0.717, 1.165) is 6.42 Å². The van der Waals surface area contributed by atoms with Gasteiger partial charge in [0.25, 0.3) is 10.1 Å². The molecular weight excluding hydrogens is 176 g/mol. The zero-order chi connectivity index (χ0) is 9.94. The van der Waals surface area contributed by atoms with Gasteiger partial charge < -0.3 is 0 Å². The third-order valence-corrected chi connectivity index (χ3v) is 3.90. The Morgan fingerprint density at radius 3 is 1.75 bits per heavy atom. The fourth-order valence-electron chi connectivity index (χ4n) is 1.53. The molecule has 74 valence electrons. The van der Waals surface area contributed by atoms with Crippen LogP contribution in [-0.2, 0) is 10.1 Å². The van der Waals surface area contributed by atoms with Gasteiger partial charge in [0.05, 0.1) is 5.25 Å². The minimum Gasteiger partial charge on any atom is -0.285 e. The van der Waals surface area contributed by atoms with Crippen molar-refractivity contribution in [2.24, 2.45) is 11.8 Å². The minimum atomic E-state index is -3.88. The lowest BCUT2D eigenvalue weighted by Crippen LogP contribution is -2.32. The summed E-state index contributed by atoms with van der Waals surface area (Å²) in [5, 5.41) is -0.623. The van der Waals surface area contributed by atoms with Gasteiger partial charge in [-0.15, -0.1) is 0 Å². The van der Waals surface area contributed by atoms with E-state index >= 15 is 0 Å². The highest BCUT2D eigenvalue weighted by Gasteiger charge is 2.30. The predicted octanol–water partition coefficient (Wildman–Crippen LogP) is 1.94. The maximum Gasteiger partial charge on any atom is 0.268 e. The molecule has 1 N–H and O–H groups in total. The second-order valence-electron chi connectivity index (χ2n) is 3.61. The molecule has 2 unspecified atom stereocenters. The summed E-state index contributed by atoms with van der Waals surface area (Å²) in [5.74, 6) is -0.0186. The van der Waals surface area contributed by atoms with Crippen LogP contribution in [0.3, 0.4) is 0 Å². The molecule has 0 fully saturated rings. The third kappa shape index (κ3) is 3.11. The van der Waals surface area contributed by atoms with Gasteiger partial charge >= 0.3 is 0 Å². The van der Waals surface area contributed by atoms with Gasteiger partial charge in [-0.05, 0) is 11.8 Å². The summed E-state index contributed by atoms with van der Waals surface area (Å²) in [6, 6.07) is 0. The maximum atomic E-state index is 10.9. The molecule has 3 nitrogen and oxygen atoms in total. The summed E-state index contributed by atoms with van der Waals surface area (Å²) in [7, 11) is -3.88. The molecule has 12 heavy (non-hydrogen) atoms. The largest absolute Gasteiger partial charge is 0.285 e. The van der Waals surface area contributed by atoms with E-state index in [4.69, 9.17) is 4.55 Å². The molecule has 0 aromatic carbocycles. The van der Waals surface area contributed by atoms with Crippen LogP contribution >= 0.6 is 0 Å². The number of hydrogen-bond donors (Lipinski definition) is 1. The summed E-state index contributed by atoms with van der Waals surface area (Å²) in [5.41, 5.74) is 0. The zero-order valence-electron chi connectivity index (χ0n) is 8.11. The summed E-state index contributed by atoms with van der Waals surface area (Å²) < 4.78 is 30.8. The first-order valence-corrected chi connectivity index (χ1v) is 5.77. The SMILES string of the molecule is CCC(C)C(C(C)C)S(=O)(=O)O. The standard InChI is InChI=1S/C8H18O3S/c1-5-7(4)8(6(2)3)12(9,10)11/h6-8H,5H2,1-4H3,(H,9,10,11). The van der Waals surface area contributed by atoms with Crippen molar-refractivity contribution in [1.29, 1.82) is 0 Å². The highest BCUT2D eigenvalue weighted by molar-refractivity contribution is 7.86. The van der Waals surface area contributed by atoms with Crippen LogP contribution in [0.1, 0.15) is 34.1 Å². The fourth-order valence-corrected chi connectivity index (χ4v) is 2.99. The lowest BCUT2D eigenvalue weighted by molar-refractivity contribution is 0.378. The molecule has 0 aliphatic heterocycles. The van der Waals surface area contributed by atoms with Gasteiger partial charge in [-0.2, -0.15) is 8.42 Å². The second-order valence-corrected chi connectivity index (χ2v) is 5.18. The Balaban J connectivity index is 4.69. The molecule has 0 aromatic rings. The summed E-state index contributed by atoms with van der Waals surface area (Å²) in [6.45, 7) is 7.39. The Morgan fingerprint density at radius 2 is 1.67 bits per heavy atom. The number of hydrogen-bond acceptors (Lipinski definition) is 2. The summed E-state index contributed by atoms with van der Waals surface area (Å²) in [6.07, 6.45) is 0.767. The summed E-state index contributed by atoms with van der Waals surface area (Å²) >= 11 is 0. The molecule has 0 aliphatic carbocycles. The van der Waals surface area contributed by atoms with Crippen molar-refractivity contribution < 1.29 is 13.0 Å². The van der Waals surface area contributed by atoms with Crippen LogP contribution in [0.4, 0.5) is 0 Å². The Bertz CT molecular complexity index is 218. The van der Waals surface area contributed by atoms with Crippen molar-refractivity contribution in [2.45, 2.75) is 39.4 Å². The predicted molar refractivity (Wildman–Crippen MR) is 49.6 cm³/mol. The monoisotopic (exact) mass is 194 g/mol. The molecule has 0 rings (SSSR count). The first kappa shape index (κ1) is 11.9. The Kier molecular flexibility index (Phi) is 4.20. The van der Waals surface area contributed by atoms with E-state index in [-0.39, 0.29) is 11.8 Å². The second kappa shape index (κ2) is 4.23. The van der Waals surface area contributed by atoms with Crippen molar-refractivity contribution in [1.82, 2.24) is 0 Å². The molecule has 0 saturated carbocycles. The molecule has 0 amide bonds. The third-order valence-electron chi connectivity index (χ3n) is 2.21. The molecule has 2 atom stereocenters. The van der Waals surface area contributed by atoms with E-state index in [0.29, 0.717) is 0 Å². The first-order valence-electron chi connectivity index (χ1n) is 4.27. The average Bonchev–Trinajstić information content (AvgIpc) is 1.83. The molecule has 0 bridgehead atoms. The molecule has 0 spiro atoms. The van der Waals surface area contributed by atoms with Crippen LogP contribution in [0.5, 0.6) is 0 Å². The molecule has 0 aromatic heterocycles. The van der Waals surface area contributed by atoms with E-state index in [9.17, 15) is 8.42 Å². The van der Waals surface area contributed by atoms with E-state index < -0.39 is 15.4 Å². The molecule has 0 saturated heterocycles. The van der Waals surface area contributed by atoms with E-state index in [1.807, 2.05) is 27.7 Å².